The van der Waals surface area contributed by atoms with Crippen molar-refractivity contribution in [3.63, 3.8) is 0 Å². The van der Waals surface area contributed by atoms with Crippen LogP contribution in [-0.2, 0) is 9.59 Å². The third-order valence-corrected chi connectivity index (χ3v) is 14.8. The molecule has 10 heteroatoms. The number of rotatable bonds is 29. The van der Waals surface area contributed by atoms with Crippen LogP contribution in [0.5, 0.6) is 0 Å². The molecule has 4 aromatic rings. The van der Waals surface area contributed by atoms with Gasteiger partial charge in [0.15, 0.2) is 23.1 Å². The van der Waals surface area contributed by atoms with Gasteiger partial charge in [0.05, 0.1) is 34.0 Å². The van der Waals surface area contributed by atoms with E-state index in [4.69, 9.17) is 0 Å². The predicted octanol–water partition coefficient (Wildman–Crippen LogP) is 14.1. The molecule has 2 aliphatic rings. The summed E-state index contributed by atoms with van der Waals surface area (Å²) in [4.78, 5) is 84.8. The number of amides is 2. The van der Waals surface area contributed by atoms with E-state index in [0.717, 1.165) is 37.2 Å². The molecule has 2 N–H and O–H groups in total. The van der Waals surface area contributed by atoms with Gasteiger partial charge < -0.3 is 10.6 Å². The van der Waals surface area contributed by atoms with E-state index in [-0.39, 0.29) is 90.3 Å². The minimum atomic E-state index is -0.429. The molecule has 0 heterocycles. The fraction of sp³-hybridized carbons (Fsp3) is 0.464. The van der Waals surface area contributed by atoms with Gasteiger partial charge in [-0.1, -0.05) is 190 Å². The topological polar surface area (TPSA) is 126 Å². The van der Waals surface area contributed by atoms with E-state index in [9.17, 15) is 28.8 Å². The number of hydrogen-bond acceptors (Lipinski definition) is 8. The Kier molecular flexibility index (Phi) is 20.3. The van der Waals surface area contributed by atoms with Gasteiger partial charge in [0.1, 0.15) is 0 Å². The molecule has 0 fully saturated rings. The summed E-state index contributed by atoms with van der Waals surface area (Å²) in [6.45, 7) is 4.47. The number of anilines is 2. The molecule has 0 bridgehead atoms. The van der Waals surface area contributed by atoms with Crippen LogP contribution in [0.2, 0.25) is 0 Å². The summed E-state index contributed by atoms with van der Waals surface area (Å²) in [6, 6.07) is 19.7. The summed E-state index contributed by atoms with van der Waals surface area (Å²) >= 11 is 3.10. The third kappa shape index (κ3) is 13.2. The molecule has 0 aromatic heterocycles. The average Bonchev–Trinajstić information content (AvgIpc) is 3.33. The summed E-state index contributed by atoms with van der Waals surface area (Å²) < 4.78 is 0. The number of carbonyl (C=O) groups excluding carboxylic acids is 6. The first-order chi connectivity index (χ1) is 32.3. The Bertz CT molecular complexity index is 2190. The SMILES string of the molecule is CCCCCCCCCCCCSCC(=O)Nc1ccc(-c2ccc(NC(=O)CSCCCCCCCCCCCC)c3c2C(=O)c2ccccc2C3=O)c2c1C(=O)c1ccccc1C2=O. The highest BCUT2D eigenvalue weighted by Crippen LogP contribution is 2.44. The molecular formula is C56H68N2O6S2. The average molecular weight is 929 g/mol. The van der Waals surface area contributed by atoms with Gasteiger partial charge in [0.25, 0.3) is 0 Å². The Morgan fingerprint density at radius 2 is 0.652 bits per heavy atom. The second-order valence-corrected chi connectivity index (χ2v) is 20.0. The molecule has 6 rings (SSSR count). The molecular weight excluding hydrogens is 861 g/mol. The molecule has 0 unspecified atom stereocenters. The van der Waals surface area contributed by atoms with Gasteiger partial charge in [-0.05, 0) is 47.6 Å². The first kappa shape index (κ1) is 50.6. The second-order valence-electron chi connectivity index (χ2n) is 17.8. The first-order valence-electron chi connectivity index (χ1n) is 24.7. The maximum absolute atomic E-state index is 14.6. The summed E-state index contributed by atoms with van der Waals surface area (Å²) in [7, 11) is 0. The van der Waals surface area contributed by atoms with E-state index in [1.165, 1.54) is 103 Å². The van der Waals surface area contributed by atoms with Crippen LogP contribution >= 0.6 is 23.5 Å². The molecule has 4 aromatic carbocycles. The van der Waals surface area contributed by atoms with Crippen LogP contribution in [0.3, 0.4) is 0 Å². The smallest absolute Gasteiger partial charge is 0.234 e. The van der Waals surface area contributed by atoms with Crippen molar-refractivity contribution in [1.82, 2.24) is 0 Å². The second kappa shape index (κ2) is 26.5. The lowest BCUT2D eigenvalue weighted by Gasteiger charge is -2.26. The zero-order valence-electron chi connectivity index (χ0n) is 39.2. The van der Waals surface area contributed by atoms with Crippen molar-refractivity contribution in [3.05, 3.63) is 117 Å². The van der Waals surface area contributed by atoms with Crippen molar-refractivity contribution in [2.24, 2.45) is 0 Å². The highest BCUT2D eigenvalue weighted by atomic mass is 32.2. The number of fused-ring (bicyclic) bond motifs is 4. The summed E-state index contributed by atoms with van der Waals surface area (Å²) in [6.07, 6.45) is 24.8. The van der Waals surface area contributed by atoms with E-state index in [1.807, 2.05) is 0 Å². The minimum absolute atomic E-state index is 0.0461. The van der Waals surface area contributed by atoms with Crippen molar-refractivity contribution in [1.29, 1.82) is 0 Å². The molecule has 350 valence electrons. The molecule has 0 saturated carbocycles. The maximum Gasteiger partial charge on any atom is 0.234 e. The molecule has 0 radical (unpaired) electrons. The predicted molar refractivity (Wildman–Crippen MR) is 274 cm³/mol. The maximum atomic E-state index is 14.6. The number of unbranched alkanes of at least 4 members (excludes halogenated alkanes) is 18. The molecule has 2 amide bonds. The molecule has 0 aliphatic heterocycles. The number of carbonyl (C=O) groups is 6. The molecule has 2 aliphatic carbocycles. The Balaban J connectivity index is 1.18. The van der Waals surface area contributed by atoms with Gasteiger partial charge in [-0.2, -0.15) is 23.5 Å². The van der Waals surface area contributed by atoms with Crippen molar-refractivity contribution >= 4 is 69.8 Å². The number of ketones is 4. The summed E-state index contributed by atoms with van der Waals surface area (Å²) in [5.41, 5.74) is 2.08. The molecule has 0 spiro atoms. The van der Waals surface area contributed by atoms with Crippen LogP contribution in [0, 0.1) is 0 Å². The Morgan fingerprint density at radius 3 is 0.970 bits per heavy atom. The normalized spacial score (nSPS) is 12.7. The number of benzene rings is 4. The van der Waals surface area contributed by atoms with Crippen molar-refractivity contribution in [2.45, 2.75) is 142 Å². The fourth-order valence-electron chi connectivity index (χ4n) is 9.19. The standard InChI is InChI=1S/C56H68N2O6S2/c1-3-5-7-9-11-13-15-17-19-25-35-65-37-47(59)57-45-33-31-39(49-51(45)55(63)43-29-23-21-27-41(43)53(49)61)40-32-34-46(52-50(40)54(62)42-28-22-24-30-44(42)56(52)64)58-48(60)38-66-36-26-20-18-16-14-12-10-8-6-4-2/h21-24,27-34H,3-20,25-26,35-38H2,1-2H3,(H,57,59)(H,58,60). The van der Waals surface area contributed by atoms with Gasteiger partial charge in [0.2, 0.25) is 11.8 Å². The van der Waals surface area contributed by atoms with Crippen molar-refractivity contribution in [2.75, 3.05) is 33.6 Å². The van der Waals surface area contributed by atoms with Crippen LogP contribution < -0.4 is 10.6 Å². The molecule has 8 nitrogen and oxygen atoms in total. The zero-order valence-corrected chi connectivity index (χ0v) is 40.8. The lowest BCUT2D eigenvalue weighted by Crippen LogP contribution is -2.27. The minimum Gasteiger partial charge on any atom is -0.325 e. The summed E-state index contributed by atoms with van der Waals surface area (Å²) in [5, 5.41) is 5.86. The van der Waals surface area contributed by atoms with E-state index in [2.05, 4.69) is 24.5 Å². The van der Waals surface area contributed by atoms with Gasteiger partial charge in [-0.3, -0.25) is 28.8 Å². The van der Waals surface area contributed by atoms with E-state index < -0.39 is 23.1 Å². The van der Waals surface area contributed by atoms with Gasteiger partial charge in [-0.15, -0.1) is 0 Å². The van der Waals surface area contributed by atoms with Gasteiger partial charge in [0, 0.05) is 33.4 Å². The Hall–Kier alpha value is -4.80. The van der Waals surface area contributed by atoms with Gasteiger partial charge >= 0.3 is 0 Å². The Morgan fingerprint density at radius 1 is 0.364 bits per heavy atom. The fourth-order valence-corrected chi connectivity index (χ4v) is 10.8. The zero-order chi connectivity index (χ0) is 46.7. The lowest BCUT2D eigenvalue weighted by molar-refractivity contribution is -0.114. The number of hydrogen-bond donors (Lipinski definition) is 2. The first-order valence-corrected chi connectivity index (χ1v) is 27.0. The van der Waals surface area contributed by atoms with E-state index in [1.54, 1.807) is 96.3 Å². The van der Waals surface area contributed by atoms with E-state index in [0.29, 0.717) is 0 Å². The van der Waals surface area contributed by atoms with E-state index >= 15 is 0 Å². The third-order valence-electron chi connectivity index (χ3n) is 12.7. The molecule has 66 heavy (non-hydrogen) atoms. The van der Waals surface area contributed by atoms with Crippen LogP contribution in [0.25, 0.3) is 11.1 Å². The largest absolute Gasteiger partial charge is 0.325 e. The number of nitrogens with one attached hydrogen (secondary N) is 2. The number of thioether (sulfide) groups is 2. The Labute approximate surface area is 401 Å². The van der Waals surface area contributed by atoms with Crippen molar-refractivity contribution in [3.8, 4) is 11.1 Å². The van der Waals surface area contributed by atoms with Crippen molar-refractivity contribution < 1.29 is 28.8 Å². The highest BCUT2D eigenvalue weighted by molar-refractivity contribution is 8.00. The highest BCUT2D eigenvalue weighted by Gasteiger charge is 2.38. The van der Waals surface area contributed by atoms with Crippen LogP contribution in [0.15, 0.2) is 72.8 Å². The van der Waals surface area contributed by atoms with Crippen LogP contribution in [-0.4, -0.2) is 58.0 Å². The monoisotopic (exact) mass is 928 g/mol. The lowest BCUT2D eigenvalue weighted by atomic mass is 9.75. The van der Waals surface area contributed by atoms with Crippen LogP contribution in [0.4, 0.5) is 11.4 Å². The van der Waals surface area contributed by atoms with Crippen LogP contribution in [0.1, 0.15) is 206 Å². The molecule has 0 saturated heterocycles. The quantitative estimate of drug-likeness (QED) is 0.0445. The van der Waals surface area contributed by atoms with Gasteiger partial charge in [-0.25, -0.2) is 0 Å². The molecule has 0 atom stereocenters. The summed E-state index contributed by atoms with van der Waals surface area (Å²) in [5.74, 6) is -0.169.